The van der Waals surface area contributed by atoms with Crippen LogP contribution < -0.4 is 16.4 Å². The van der Waals surface area contributed by atoms with Crippen LogP contribution in [0, 0.1) is 0 Å². The van der Waals surface area contributed by atoms with Crippen molar-refractivity contribution in [3.63, 3.8) is 0 Å². The highest BCUT2D eigenvalue weighted by Crippen LogP contribution is 2.37. The molecule has 0 atom stereocenters. The number of piperazine rings is 1. The van der Waals surface area contributed by atoms with Gasteiger partial charge in [0.05, 0.1) is 28.0 Å². The average molecular weight is 712 g/mol. The van der Waals surface area contributed by atoms with E-state index in [1.165, 1.54) is 25.2 Å². The van der Waals surface area contributed by atoms with Gasteiger partial charge in [-0.25, -0.2) is 9.78 Å². The number of carbonyl (C=O) groups excluding carboxylic acids is 3. The number of hydrogen-bond donors (Lipinski definition) is 3. The molecule has 3 aromatic rings. The van der Waals surface area contributed by atoms with Crippen LogP contribution in [0.25, 0.3) is 11.3 Å². The summed E-state index contributed by atoms with van der Waals surface area (Å²) in [5.74, 6) is -1.60. The van der Waals surface area contributed by atoms with Gasteiger partial charge in [0.1, 0.15) is 6.54 Å². The maximum Gasteiger partial charge on any atom is 0.435 e. The number of nitrogens with two attached hydrogens (primary N) is 1. The lowest BCUT2D eigenvalue weighted by atomic mass is 9.88. The summed E-state index contributed by atoms with van der Waals surface area (Å²) in [4.78, 5) is 45.6. The minimum absolute atomic E-state index is 0. The number of amides is 4. The van der Waals surface area contributed by atoms with Crippen molar-refractivity contribution in [1.82, 2.24) is 34.4 Å². The molecular formula is C27H29Cl2F6N9O3. The number of alkyl halides is 6. The van der Waals surface area contributed by atoms with E-state index in [-0.39, 0.29) is 82.0 Å². The van der Waals surface area contributed by atoms with Crippen molar-refractivity contribution in [2.24, 2.45) is 12.8 Å². The first-order chi connectivity index (χ1) is 21.5. The Hall–Kier alpha value is -4.03. The van der Waals surface area contributed by atoms with Crippen LogP contribution in [-0.4, -0.2) is 91.4 Å². The number of benzene rings is 1. The van der Waals surface area contributed by atoms with Crippen molar-refractivity contribution in [2.75, 3.05) is 31.5 Å². The summed E-state index contributed by atoms with van der Waals surface area (Å²) in [5.41, 5.74) is 3.49. The number of urea groups is 1. The van der Waals surface area contributed by atoms with Crippen LogP contribution in [0.2, 0.25) is 5.02 Å². The molecule has 1 saturated heterocycles. The molecule has 0 radical (unpaired) electrons. The molecule has 0 spiro atoms. The molecule has 0 bridgehead atoms. The Balaban J connectivity index is 0.00000500. The third-order valence-corrected chi connectivity index (χ3v) is 7.97. The standard InChI is InChI=1S/C27H28ClF6N9O3.ClH/c1-40-20(18-12-43(13-26(29,30)31)39-21(18)27(32,33)34)11-36-22(40)23(44)37-15-2-3-17(19(28)10-15)24(45)41-4-6-42(7-5-41)25(46)38-16-8-14(35)9-16;/h2-3,10-12,14,16H,4-9,13,35H2,1H3,(H,37,44)(H,38,46);1H. The number of carbonyl (C=O) groups is 3. The van der Waals surface area contributed by atoms with Crippen molar-refractivity contribution < 1.29 is 40.7 Å². The number of nitrogens with zero attached hydrogens (tertiary/aromatic N) is 6. The molecular weight excluding hydrogens is 683 g/mol. The monoisotopic (exact) mass is 711 g/mol. The van der Waals surface area contributed by atoms with Gasteiger partial charge in [0.25, 0.3) is 11.8 Å². The summed E-state index contributed by atoms with van der Waals surface area (Å²) < 4.78 is 80.3. The van der Waals surface area contributed by atoms with E-state index in [1.54, 1.807) is 9.80 Å². The smallest absolute Gasteiger partial charge is 0.335 e. The van der Waals surface area contributed by atoms with Crippen molar-refractivity contribution in [3.05, 3.63) is 52.7 Å². The van der Waals surface area contributed by atoms with E-state index < -0.39 is 36.1 Å². The van der Waals surface area contributed by atoms with Crippen molar-refractivity contribution in [1.29, 1.82) is 0 Å². The quantitative estimate of drug-likeness (QED) is 0.328. The molecule has 1 saturated carbocycles. The highest BCUT2D eigenvalue weighted by atomic mass is 35.5. The molecule has 1 aromatic carbocycles. The van der Waals surface area contributed by atoms with E-state index in [0.717, 1.165) is 23.6 Å². The third kappa shape index (κ3) is 8.10. The molecule has 4 amide bonds. The Morgan fingerprint density at radius 2 is 1.68 bits per heavy atom. The summed E-state index contributed by atoms with van der Waals surface area (Å²) in [6.07, 6.45) is -6.94. The van der Waals surface area contributed by atoms with Crippen LogP contribution in [0.15, 0.2) is 30.6 Å². The predicted molar refractivity (Wildman–Crippen MR) is 159 cm³/mol. The van der Waals surface area contributed by atoms with E-state index in [2.05, 4.69) is 20.7 Å². The molecule has 2 fully saturated rings. The van der Waals surface area contributed by atoms with Crippen LogP contribution >= 0.6 is 24.0 Å². The number of hydrogen-bond acceptors (Lipinski definition) is 6. The molecule has 4 N–H and O–H groups in total. The van der Waals surface area contributed by atoms with Gasteiger partial charge in [0, 0.05) is 57.2 Å². The van der Waals surface area contributed by atoms with Gasteiger partial charge in [-0.3, -0.25) is 14.3 Å². The molecule has 47 heavy (non-hydrogen) atoms. The summed E-state index contributed by atoms with van der Waals surface area (Å²) in [5, 5.41) is 8.49. The van der Waals surface area contributed by atoms with Crippen LogP contribution in [0.5, 0.6) is 0 Å². The lowest BCUT2D eigenvalue weighted by Gasteiger charge is -2.38. The van der Waals surface area contributed by atoms with Crippen LogP contribution in [0.1, 0.15) is 39.5 Å². The normalized spacial score (nSPS) is 18.3. The Bertz CT molecular complexity index is 1650. The molecule has 12 nitrogen and oxygen atoms in total. The summed E-state index contributed by atoms with van der Waals surface area (Å²) >= 11 is 6.37. The molecule has 1 aliphatic heterocycles. The zero-order valence-electron chi connectivity index (χ0n) is 24.5. The van der Waals surface area contributed by atoms with Crippen LogP contribution in [0.4, 0.5) is 36.8 Å². The van der Waals surface area contributed by atoms with Gasteiger partial charge in [0.2, 0.25) is 0 Å². The fourth-order valence-corrected chi connectivity index (χ4v) is 5.50. The van der Waals surface area contributed by atoms with E-state index in [0.29, 0.717) is 19.3 Å². The Morgan fingerprint density at radius 1 is 1.04 bits per heavy atom. The first-order valence-electron chi connectivity index (χ1n) is 13.9. The lowest BCUT2D eigenvalue weighted by Crippen LogP contribution is -2.57. The highest BCUT2D eigenvalue weighted by molar-refractivity contribution is 6.34. The largest absolute Gasteiger partial charge is 0.435 e. The summed E-state index contributed by atoms with van der Waals surface area (Å²) in [7, 11) is 1.22. The molecule has 2 aliphatic rings. The first kappa shape index (κ1) is 35.8. The van der Waals surface area contributed by atoms with Gasteiger partial charge >= 0.3 is 18.4 Å². The van der Waals surface area contributed by atoms with Gasteiger partial charge in [0.15, 0.2) is 11.5 Å². The number of anilines is 1. The number of imidazole rings is 1. The third-order valence-electron chi connectivity index (χ3n) is 7.65. The van der Waals surface area contributed by atoms with Crippen molar-refractivity contribution >= 4 is 47.5 Å². The topological polar surface area (TPSA) is 143 Å². The van der Waals surface area contributed by atoms with E-state index >= 15 is 0 Å². The second kappa shape index (κ2) is 13.6. The van der Waals surface area contributed by atoms with Crippen LogP contribution in [-0.2, 0) is 19.8 Å². The SMILES string of the molecule is Cl.Cn1c(-c2cn(CC(F)(F)F)nc2C(F)(F)F)cnc1C(=O)Nc1ccc(C(=O)N2CCN(C(=O)NC3CC(N)C3)CC2)c(Cl)c1. The van der Waals surface area contributed by atoms with Gasteiger partial charge in [-0.2, -0.15) is 31.4 Å². The zero-order chi connectivity index (χ0) is 33.6. The summed E-state index contributed by atoms with van der Waals surface area (Å²) in [6.45, 7) is -0.553. The van der Waals surface area contributed by atoms with E-state index in [1.807, 2.05) is 0 Å². The maximum absolute atomic E-state index is 13.6. The summed E-state index contributed by atoms with van der Waals surface area (Å²) in [6, 6.07) is 4.05. The molecule has 2 aromatic heterocycles. The second-order valence-electron chi connectivity index (χ2n) is 11.0. The highest BCUT2D eigenvalue weighted by Gasteiger charge is 2.40. The van der Waals surface area contributed by atoms with Crippen molar-refractivity contribution in [3.8, 4) is 11.3 Å². The number of rotatable bonds is 6. The van der Waals surface area contributed by atoms with E-state index in [9.17, 15) is 40.7 Å². The van der Waals surface area contributed by atoms with Gasteiger partial charge in [-0.05, 0) is 31.0 Å². The Labute approximate surface area is 274 Å². The number of halogens is 8. The minimum Gasteiger partial charge on any atom is -0.335 e. The number of nitrogens with one attached hydrogen (secondary N) is 2. The molecule has 3 heterocycles. The van der Waals surface area contributed by atoms with Gasteiger partial charge in [-0.1, -0.05) is 11.6 Å². The Kier molecular flexibility index (Phi) is 10.4. The molecule has 256 valence electrons. The zero-order valence-corrected chi connectivity index (χ0v) is 26.1. The first-order valence-corrected chi connectivity index (χ1v) is 14.3. The predicted octanol–water partition coefficient (Wildman–Crippen LogP) is 4.15. The second-order valence-corrected chi connectivity index (χ2v) is 11.4. The van der Waals surface area contributed by atoms with Crippen molar-refractivity contribution in [2.45, 2.75) is 43.8 Å². The van der Waals surface area contributed by atoms with Crippen LogP contribution in [0.3, 0.4) is 0 Å². The maximum atomic E-state index is 13.6. The molecule has 0 unspecified atom stereocenters. The minimum atomic E-state index is -5.08. The lowest BCUT2D eigenvalue weighted by molar-refractivity contribution is -0.148. The molecule has 20 heteroatoms. The number of aromatic nitrogens is 4. The molecule has 1 aliphatic carbocycles. The van der Waals surface area contributed by atoms with Gasteiger partial charge < -0.3 is 30.7 Å². The average Bonchev–Trinajstić information content (AvgIpc) is 3.54. The Morgan fingerprint density at radius 3 is 2.26 bits per heavy atom. The fraction of sp³-hybridized carbons (Fsp3) is 0.444. The van der Waals surface area contributed by atoms with Gasteiger partial charge in [-0.15, -0.1) is 12.4 Å². The van der Waals surface area contributed by atoms with E-state index in [4.69, 9.17) is 17.3 Å². The molecule has 5 rings (SSSR count). The fourth-order valence-electron chi connectivity index (χ4n) is 5.24.